The van der Waals surface area contributed by atoms with Crippen LogP contribution in [-0.2, 0) is 17.6 Å². The van der Waals surface area contributed by atoms with Gasteiger partial charge < -0.3 is 24.6 Å². The standard InChI is InChI=1S/C28H36ClN3O3/c29-24-6-3-21(4-7-24)9-13-32-14-10-23(19-32)28(33)30-25(20-31-11-1-2-12-31)17-22-5-8-26-27(18-22)35-16-15-34-26/h3-8,18,23,25H,1-2,9-17,19-20H2,(H,30,33)/t23-,25?/m1/s1. The molecule has 0 spiro atoms. The number of hydrogen-bond donors (Lipinski definition) is 1. The first-order valence-electron chi connectivity index (χ1n) is 13.0. The van der Waals surface area contributed by atoms with Gasteiger partial charge in [0.1, 0.15) is 13.2 Å². The summed E-state index contributed by atoms with van der Waals surface area (Å²) in [6, 6.07) is 14.3. The molecule has 0 saturated carbocycles. The van der Waals surface area contributed by atoms with Crippen molar-refractivity contribution in [3.63, 3.8) is 0 Å². The highest BCUT2D eigenvalue weighted by molar-refractivity contribution is 6.30. The summed E-state index contributed by atoms with van der Waals surface area (Å²) in [5.41, 5.74) is 2.46. The van der Waals surface area contributed by atoms with Gasteiger partial charge in [0, 0.05) is 30.7 Å². The van der Waals surface area contributed by atoms with Crippen LogP contribution in [0.4, 0.5) is 0 Å². The van der Waals surface area contributed by atoms with Crippen LogP contribution in [0.25, 0.3) is 0 Å². The largest absolute Gasteiger partial charge is 0.486 e. The van der Waals surface area contributed by atoms with Gasteiger partial charge in [-0.3, -0.25) is 4.79 Å². The van der Waals surface area contributed by atoms with Gasteiger partial charge in [0.25, 0.3) is 0 Å². The van der Waals surface area contributed by atoms with E-state index < -0.39 is 0 Å². The first-order chi connectivity index (χ1) is 17.1. The predicted molar refractivity (Wildman–Crippen MR) is 138 cm³/mol. The van der Waals surface area contributed by atoms with Crippen molar-refractivity contribution >= 4 is 17.5 Å². The van der Waals surface area contributed by atoms with E-state index in [-0.39, 0.29) is 17.9 Å². The Kier molecular flexibility index (Phi) is 8.12. The number of carbonyl (C=O) groups is 1. The zero-order chi connectivity index (χ0) is 24.0. The minimum atomic E-state index is 0.0570. The summed E-state index contributed by atoms with van der Waals surface area (Å²) in [7, 11) is 0. The maximum absolute atomic E-state index is 13.3. The van der Waals surface area contributed by atoms with Gasteiger partial charge in [0.2, 0.25) is 5.91 Å². The summed E-state index contributed by atoms with van der Waals surface area (Å²) in [4.78, 5) is 18.2. The topological polar surface area (TPSA) is 54.0 Å². The fraction of sp³-hybridized carbons (Fsp3) is 0.536. The first-order valence-corrected chi connectivity index (χ1v) is 13.4. The van der Waals surface area contributed by atoms with E-state index in [0.717, 1.165) is 75.1 Å². The number of fused-ring (bicyclic) bond motifs is 1. The molecular formula is C28H36ClN3O3. The van der Waals surface area contributed by atoms with E-state index in [1.165, 1.54) is 24.0 Å². The van der Waals surface area contributed by atoms with Gasteiger partial charge in [-0.25, -0.2) is 0 Å². The third-order valence-electron chi connectivity index (χ3n) is 7.39. The average molecular weight is 498 g/mol. The molecule has 1 unspecified atom stereocenters. The van der Waals surface area contributed by atoms with Crippen molar-refractivity contribution < 1.29 is 14.3 Å². The van der Waals surface area contributed by atoms with Crippen LogP contribution in [0.1, 0.15) is 30.4 Å². The highest BCUT2D eigenvalue weighted by Crippen LogP contribution is 2.31. The van der Waals surface area contributed by atoms with Crippen LogP contribution in [-0.4, -0.2) is 74.2 Å². The van der Waals surface area contributed by atoms with E-state index in [2.05, 4.69) is 39.4 Å². The zero-order valence-corrected chi connectivity index (χ0v) is 21.1. The van der Waals surface area contributed by atoms with E-state index in [1.807, 2.05) is 18.2 Å². The van der Waals surface area contributed by atoms with Crippen LogP contribution in [0, 0.1) is 5.92 Å². The molecule has 188 valence electrons. The Morgan fingerprint density at radius 2 is 1.71 bits per heavy atom. The van der Waals surface area contributed by atoms with Gasteiger partial charge in [-0.2, -0.15) is 0 Å². The number of halogens is 1. The molecule has 2 atom stereocenters. The minimum absolute atomic E-state index is 0.0570. The van der Waals surface area contributed by atoms with Gasteiger partial charge >= 0.3 is 0 Å². The Balaban J connectivity index is 1.16. The summed E-state index contributed by atoms with van der Waals surface area (Å²) >= 11 is 6.00. The molecule has 0 aliphatic carbocycles. The summed E-state index contributed by atoms with van der Waals surface area (Å²) < 4.78 is 11.5. The summed E-state index contributed by atoms with van der Waals surface area (Å²) in [6.45, 7) is 7.10. The van der Waals surface area contributed by atoms with Gasteiger partial charge in [0.15, 0.2) is 11.5 Å². The van der Waals surface area contributed by atoms with Crippen LogP contribution >= 0.6 is 11.6 Å². The molecule has 7 heteroatoms. The highest BCUT2D eigenvalue weighted by Gasteiger charge is 2.30. The van der Waals surface area contributed by atoms with Crippen molar-refractivity contribution in [2.45, 2.75) is 38.1 Å². The lowest BCUT2D eigenvalue weighted by Gasteiger charge is -2.26. The Bertz CT molecular complexity index is 993. The second-order valence-electron chi connectivity index (χ2n) is 10.1. The maximum atomic E-state index is 13.3. The summed E-state index contributed by atoms with van der Waals surface area (Å²) in [5.74, 6) is 1.87. The SMILES string of the molecule is O=C(NC(Cc1ccc2c(c1)OCCO2)CN1CCCC1)[C@@H]1CCN(CCc2ccc(Cl)cc2)C1. The number of carbonyl (C=O) groups excluding carboxylic acids is 1. The Labute approximate surface area is 213 Å². The van der Waals surface area contributed by atoms with Crippen molar-refractivity contribution in [1.82, 2.24) is 15.1 Å². The summed E-state index contributed by atoms with van der Waals surface area (Å²) in [5, 5.41) is 4.19. The van der Waals surface area contributed by atoms with Crippen molar-refractivity contribution in [3.05, 3.63) is 58.6 Å². The van der Waals surface area contributed by atoms with Crippen molar-refractivity contribution in [2.75, 3.05) is 52.5 Å². The molecule has 35 heavy (non-hydrogen) atoms. The smallest absolute Gasteiger partial charge is 0.224 e. The van der Waals surface area contributed by atoms with Crippen LogP contribution in [0.3, 0.4) is 0 Å². The van der Waals surface area contributed by atoms with Crippen LogP contribution in [0.2, 0.25) is 5.02 Å². The second-order valence-corrected chi connectivity index (χ2v) is 10.5. The molecule has 1 amide bonds. The predicted octanol–water partition coefficient (Wildman–Crippen LogP) is 3.80. The highest BCUT2D eigenvalue weighted by atomic mass is 35.5. The van der Waals surface area contributed by atoms with E-state index in [9.17, 15) is 4.79 Å². The van der Waals surface area contributed by atoms with Gasteiger partial charge in [-0.1, -0.05) is 29.8 Å². The number of ether oxygens (including phenoxy) is 2. The van der Waals surface area contributed by atoms with Crippen molar-refractivity contribution in [3.8, 4) is 11.5 Å². The van der Waals surface area contributed by atoms with E-state index in [1.54, 1.807) is 0 Å². The van der Waals surface area contributed by atoms with E-state index >= 15 is 0 Å². The zero-order valence-electron chi connectivity index (χ0n) is 20.4. The number of nitrogens with one attached hydrogen (secondary N) is 1. The molecule has 2 aromatic rings. The van der Waals surface area contributed by atoms with E-state index in [4.69, 9.17) is 21.1 Å². The molecule has 1 N–H and O–H groups in total. The molecule has 2 fully saturated rings. The number of likely N-dealkylation sites (tertiary alicyclic amines) is 2. The fourth-order valence-electron chi connectivity index (χ4n) is 5.44. The lowest BCUT2D eigenvalue weighted by molar-refractivity contribution is -0.125. The van der Waals surface area contributed by atoms with Crippen molar-refractivity contribution in [1.29, 1.82) is 0 Å². The number of nitrogens with zero attached hydrogens (tertiary/aromatic N) is 2. The fourth-order valence-corrected chi connectivity index (χ4v) is 5.57. The molecule has 3 aliphatic heterocycles. The first kappa shape index (κ1) is 24.4. The molecule has 3 aliphatic rings. The van der Waals surface area contributed by atoms with Crippen LogP contribution < -0.4 is 14.8 Å². The number of hydrogen-bond acceptors (Lipinski definition) is 5. The lowest BCUT2D eigenvalue weighted by Crippen LogP contribution is -2.47. The quantitative estimate of drug-likeness (QED) is 0.571. The molecule has 6 nitrogen and oxygen atoms in total. The van der Waals surface area contributed by atoms with Crippen molar-refractivity contribution in [2.24, 2.45) is 5.92 Å². The number of benzene rings is 2. The molecule has 0 aromatic heterocycles. The normalized spacial score (nSPS) is 21.2. The molecular weight excluding hydrogens is 462 g/mol. The molecule has 2 saturated heterocycles. The third-order valence-corrected chi connectivity index (χ3v) is 7.64. The molecule has 0 radical (unpaired) electrons. The average Bonchev–Trinajstić information content (AvgIpc) is 3.56. The molecule has 2 aromatic carbocycles. The monoisotopic (exact) mass is 497 g/mol. The summed E-state index contributed by atoms with van der Waals surface area (Å²) in [6.07, 6.45) is 5.19. The third kappa shape index (κ3) is 6.69. The molecule has 3 heterocycles. The van der Waals surface area contributed by atoms with Gasteiger partial charge in [0.05, 0.1) is 5.92 Å². The lowest BCUT2D eigenvalue weighted by atomic mass is 10.0. The van der Waals surface area contributed by atoms with E-state index in [0.29, 0.717) is 13.2 Å². The van der Waals surface area contributed by atoms with Gasteiger partial charge in [-0.05, 0) is 87.1 Å². The Morgan fingerprint density at radius 1 is 0.971 bits per heavy atom. The van der Waals surface area contributed by atoms with Crippen LogP contribution in [0.5, 0.6) is 11.5 Å². The molecule has 0 bridgehead atoms. The number of amides is 1. The van der Waals surface area contributed by atoms with Crippen LogP contribution in [0.15, 0.2) is 42.5 Å². The maximum Gasteiger partial charge on any atom is 0.224 e. The Hall–Kier alpha value is -2.28. The minimum Gasteiger partial charge on any atom is -0.486 e. The Morgan fingerprint density at radius 3 is 2.51 bits per heavy atom. The number of rotatable bonds is 9. The van der Waals surface area contributed by atoms with Gasteiger partial charge in [-0.15, -0.1) is 0 Å². The molecule has 5 rings (SSSR count). The second kappa shape index (κ2) is 11.6.